The second kappa shape index (κ2) is 8.49. The van der Waals surface area contributed by atoms with Gasteiger partial charge in [-0.1, -0.05) is 41.9 Å². The number of carbonyl (C=O) groups excluding carboxylic acids is 1. The van der Waals surface area contributed by atoms with Crippen molar-refractivity contribution in [1.82, 2.24) is 4.90 Å². The molecule has 0 bridgehead atoms. The van der Waals surface area contributed by atoms with Crippen LogP contribution in [0.5, 0.6) is 0 Å². The maximum Gasteiger partial charge on any atom is 0.282 e. The third-order valence-electron chi connectivity index (χ3n) is 4.64. The molecule has 1 aliphatic rings. The van der Waals surface area contributed by atoms with E-state index in [1.807, 2.05) is 30.3 Å². The predicted molar refractivity (Wildman–Crippen MR) is 103 cm³/mol. The molecule has 1 amide bonds. The summed E-state index contributed by atoms with van der Waals surface area (Å²) in [4.78, 5) is 25.2. The van der Waals surface area contributed by atoms with Crippen LogP contribution in [0.2, 0.25) is 5.02 Å². The van der Waals surface area contributed by atoms with Crippen LogP contribution in [0.25, 0.3) is 0 Å². The first-order valence-electron chi connectivity index (χ1n) is 7.99. The molecule has 1 saturated heterocycles. The Hall–Kier alpha value is -2.15. The summed E-state index contributed by atoms with van der Waals surface area (Å²) >= 11 is 5.94. The van der Waals surface area contributed by atoms with Gasteiger partial charge in [0.15, 0.2) is 0 Å². The second-order valence-corrected chi connectivity index (χ2v) is 6.58. The lowest BCUT2D eigenvalue weighted by Gasteiger charge is -2.17. The molecule has 2 aromatic rings. The van der Waals surface area contributed by atoms with Gasteiger partial charge in [0.1, 0.15) is 5.56 Å². The van der Waals surface area contributed by atoms with Gasteiger partial charge in [-0.2, -0.15) is 0 Å². The lowest BCUT2D eigenvalue weighted by Crippen LogP contribution is -2.30. The van der Waals surface area contributed by atoms with Crippen molar-refractivity contribution in [3.63, 3.8) is 0 Å². The normalized spacial score (nSPS) is 19.1. The molecule has 2 aromatic carbocycles. The van der Waals surface area contributed by atoms with E-state index in [0.29, 0.717) is 24.7 Å². The summed E-state index contributed by atoms with van der Waals surface area (Å²) in [6, 6.07) is 13.9. The van der Waals surface area contributed by atoms with Crippen LogP contribution in [-0.4, -0.2) is 35.4 Å². The van der Waals surface area contributed by atoms with Crippen LogP contribution >= 0.6 is 24.0 Å². The summed E-state index contributed by atoms with van der Waals surface area (Å²) in [6.45, 7) is 1.40. The zero-order valence-electron chi connectivity index (χ0n) is 13.9. The van der Waals surface area contributed by atoms with Crippen molar-refractivity contribution in [3.05, 3.63) is 74.8 Å². The highest BCUT2D eigenvalue weighted by molar-refractivity contribution is 6.31. The van der Waals surface area contributed by atoms with E-state index < -0.39 is 4.92 Å². The largest absolute Gasteiger partial charge is 0.337 e. The Morgan fingerprint density at radius 3 is 2.54 bits per heavy atom. The van der Waals surface area contributed by atoms with E-state index in [1.54, 1.807) is 4.90 Å². The van der Waals surface area contributed by atoms with Crippen molar-refractivity contribution in [2.24, 2.45) is 11.7 Å². The third-order valence-corrected chi connectivity index (χ3v) is 4.88. The number of nitro benzene ring substituents is 1. The Morgan fingerprint density at radius 2 is 1.92 bits per heavy atom. The number of nitro groups is 1. The number of likely N-dealkylation sites (tertiary alicyclic amines) is 1. The summed E-state index contributed by atoms with van der Waals surface area (Å²) in [5, 5.41) is 11.5. The summed E-state index contributed by atoms with van der Waals surface area (Å²) < 4.78 is 0. The number of halogens is 2. The van der Waals surface area contributed by atoms with Crippen molar-refractivity contribution in [2.75, 3.05) is 19.6 Å². The summed E-state index contributed by atoms with van der Waals surface area (Å²) in [5.41, 5.74) is 6.80. The van der Waals surface area contributed by atoms with Crippen LogP contribution in [0, 0.1) is 16.0 Å². The molecule has 0 aliphatic carbocycles. The van der Waals surface area contributed by atoms with Gasteiger partial charge in [-0.25, -0.2) is 0 Å². The maximum absolute atomic E-state index is 12.9. The zero-order chi connectivity index (χ0) is 18.0. The van der Waals surface area contributed by atoms with Gasteiger partial charge in [-0.15, -0.1) is 12.4 Å². The molecule has 0 radical (unpaired) electrons. The molecular weight excluding hydrogens is 377 g/mol. The van der Waals surface area contributed by atoms with E-state index in [0.717, 1.165) is 5.56 Å². The van der Waals surface area contributed by atoms with Crippen molar-refractivity contribution < 1.29 is 9.72 Å². The van der Waals surface area contributed by atoms with Gasteiger partial charge >= 0.3 is 0 Å². The van der Waals surface area contributed by atoms with Gasteiger partial charge < -0.3 is 10.6 Å². The molecule has 138 valence electrons. The van der Waals surface area contributed by atoms with Crippen LogP contribution < -0.4 is 5.73 Å². The molecule has 1 aliphatic heterocycles. The average Bonchev–Trinajstić information content (AvgIpc) is 3.06. The molecular formula is C18H19Cl2N3O3. The highest BCUT2D eigenvalue weighted by Gasteiger charge is 2.37. The first-order valence-corrected chi connectivity index (χ1v) is 8.37. The molecule has 0 saturated carbocycles. The Labute approximate surface area is 162 Å². The van der Waals surface area contributed by atoms with Crippen molar-refractivity contribution in [3.8, 4) is 0 Å². The number of rotatable bonds is 4. The molecule has 2 N–H and O–H groups in total. The molecule has 8 heteroatoms. The second-order valence-electron chi connectivity index (χ2n) is 6.14. The van der Waals surface area contributed by atoms with Gasteiger partial charge in [0.2, 0.25) is 0 Å². The SMILES string of the molecule is Cl.NC[C@@H]1CN(C(=O)c2cc(Cl)ccc2[N+](=O)[O-])C[C@H]1c1ccccc1. The molecule has 3 rings (SSSR count). The fraction of sp³-hybridized carbons (Fsp3) is 0.278. The van der Waals surface area contributed by atoms with E-state index in [1.165, 1.54) is 18.2 Å². The lowest BCUT2D eigenvalue weighted by atomic mass is 9.89. The van der Waals surface area contributed by atoms with E-state index in [-0.39, 0.29) is 41.4 Å². The molecule has 1 fully saturated rings. The van der Waals surface area contributed by atoms with Crippen molar-refractivity contribution >= 4 is 35.6 Å². The molecule has 2 atom stereocenters. The van der Waals surface area contributed by atoms with Crippen LogP contribution in [0.15, 0.2) is 48.5 Å². The standard InChI is InChI=1S/C18H18ClN3O3.ClH/c19-14-6-7-17(22(24)25)15(8-14)18(23)21-10-13(9-20)16(11-21)12-4-2-1-3-5-12;/h1-8,13,16H,9-11,20H2;1H/t13-,16+;/m1./s1. The Balaban J connectivity index is 0.00000243. The van der Waals surface area contributed by atoms with E-state index in [4.69, 9.17) is 17.3 Å². The smallest absolute Gasteiger partial charge is 0.282 e. The molecule has 1 heterocycles. The Bertz CT molecular complexity index is 802. The lowest BCUT2D eigenvalue weighted by molar-refractivity contribution is -0.385. The van der Waals surface area contributed by atoms with Crippen molar-refractivity contribution in [2.45, 2.75) is 5.92 Å². The summed E-state index contributed by atoms with van der Waals surface area (Å²) in [6.07, 6.45) is 0. The molecule has 0 spiro atoms. The molecule has 0 unspecified atom stereocenters. The van der Waals surface area contributed by atoms with Gasteiger partial charge in [0.25, 0.3) is 11.6 Å². The minimum absolute atomic E-state index is 0. The number of amides is 1. The van der Waals surface area contributed by atoms with Gasteiger partial charge in [0.05, 0.1) is 4.92 Å². The monoisotopic (exact) mass is 395 g/mol. The average molecular weight is 396 g/mol. The first kappa shape index (κ1) is 20.2. The van der Waals surface area contributed by atoms with Gasteiger partial charge in [0, 0.05) is 30.1 Å². The molecule has 0 aromatic heterocycles. The van der Waals surface area contributed by atoms with E-state index in [2.05, 4.69) is 0 Å². The number of hydrogen-bond acceptors (Lipinski definition) is 4. The van der Waals surface area contributed by atoms with E-state index in [9.17, 15) is 14.9 Å². The zero-order valence-corrected chi connectivity index (χ0v) is 15.4. The van der Waals surface area contributed by atoms with Crippen LogP contribution in [-0.2, 0) is 0 Å². The highest BCUT2D eigenvalue weighted by atomic mass is 35.5. The Morgan fingerprint density at radius 1 is 1.23 bits per heavy atom. The topological polar surface area (TPSA) is 89.5 Å². The summed E-state index contributed by atoms with van der Waals surface area (Å²) in [7, 11) is 0. The predicted octanol–water partition coefficient (Wildman–Crippen LogP) is 3.48. The fourth-order valence-corrected chi connectivity index (χ4v) is 3.54. The minimum atomic E-state index is -0.561. The molecule has 6 nitrogen and oxygen atoms in total. The van der Waals surface area contributed by atoms with Crippen molar-refractivity contribution in [1.29, 1.82) is 0 Å². The number of hydrogen-bond donors (Lipinski definition) is 1. The van der Waals surface area contributed by atoms with Crippen LogP contribution in [0.1, 0.15) is 21.8 Å². The van der Waals surface area contributed by atoms with E-state index >= 15 is 0 Å². The number of nitrogens with zero attached hydrogens (tertiary/aromatic N) is 2. The fourth-order valence-electron chi connectivity index (χ4n) is 3.36. The number of benzene rings is 2. The quantitative estimate of drug-likeness (QED) is 0.633. The Kier molecular flexibility index (Phi) is 6.58. The van der Waals surface area contributed by atoms with Gasteiger partial charge in [-0.05, 0) is 30.2 Å². The van der Waals surface area contributed by atoms with Crippen LogP contribution in [0.4, 0.5) is 5.69 Å². The number of nitrogens with two attached hydrogens (primary N) is 1. The molecule has 26 heavy (non-hydrogen) atoms. The summed E-state index contributed by atoms with van der Waals surface area (Å²) in [5.74, 6) is -0.149. The van der Waals surface area contributed by atoms with Gasteiger partial charge in [-0.3, -0.25) is 14.9 Å². The number of carbonyl (C=O) groups is 1. The minimum Gasteiger partial charge on any atom is -0.337 e. The first-order chi connectivity index (χ1) is 12.0. The third kappa shape index (κ3) is 3.98. The highest BCUT2D eigenvalue weighted by Crippen LogP contribution is 2.34. The maximum atomic E-state index is 12.9. The van der Waals surface area contributed by atoms with Crippen LogP contribution in [0.3, 0.4) is 0 Å².